The van der Waals surface area contributed by atoms with E-state index in [0.717, 1.165) is 33.4 Å². The van der Waals surface area contributed by atoms with Crippen LogP contribution in [0.25, 0.3) is 23.1 Å². The van der Waals surface area contributed by atoms with E-state index in [1.54, 1.807) is 25.5 Å². The largest absolute Gasteiger partial charge is 0.508 e. The Labute approximate surface area is 123 Å². The smallest absolute Gasteiger partial charge is 0.135 e. The Kier molecular flexibility index (Phi) is 3.40. The minimum absolute atomic E-state index is 0.261. The second-order valence-electron chi connectivity index (χ2n) is 4.93. The van der Waals surface area contributed by atoms with Crippen LogP contribution < -0.4 is 4.74 Å². The fraction of sp³-hybridized carbons (Fsp3) is 0.111. The van der Waals surface area contributed by atoms with Crippen LogP contribution in [-0.4, -0.2) is 12.2 Å². The Balaban J connectivity index is 2.00. The van der Waals surface area contributed by atoms with E-state index < -0.39 is 0 Å². The Morgan fingerprint density at radius 3 is 2.57 bits per heavy atom. The molecule has 1 heterocycles. The maximum absolute atomic E-state index is 9.29. The van der Waals surface area contributed by atoms with Gasteiger partial charge in [0.05, 0.1) is 13.4 Å². The zero-order chi connectivity index (χ0) is 14.8. The number of furan rings is 1. The van der Waals surface area contributed by atoms with E-state index in [0.29, 0.717) is 0 Å². The highest BCUT2D eigenvalue weighted by molar-refractivity contribution is 5.87. The molecule has 0 unspecified atom stereocenters. The van der Waals surface area contributed by atoms with Crippen molar-refractivity contribution < 1.29 is 14.3 Å². The van der Waals surface area contributed by atoms with Crippen LogP contribution in [0.3, 0.4) is 0 Å². The zero-order valence-electron chi connectivity index (χ0n) is 12.0. The second kappa shape index (κ2) is 5.37. The van der Waals surface area contributed by atoms with Crippen LogP contribution in [-0.2, 0) is 0 Å². The lowest BCUT2D eigenvalue weighted by Gasteiger charge is -2.05. The first kappa shape index (κ1) is 13.3. The normalized spacial score (nSPS) is 11.3. The molecule has 0 fully saturated rings. The van der Waals surface area contributed by atoms with Crippen LogP contribution in [0.1, 0.15) is 16.7 Å². The third kappa shape index (κ3) is 2.63. The standard InChI is InChI=1S/C18H16O3/c1-12-11-21-18-9-14(17(20-2)10-16(12)18)6-3-13-4-7-15(19)8-5-13/h3-11,19H,1-2H3. The maximum Gasteiger partial charge on any atom is 0.135 e. The monoisotopic (exact) mass is 280 g/mol. The molecule has 3 aromatic rings. The van der Waals surface area contributed by atoms with Crippen molar-refractivity contribution in [3.05, 3.63) is 59.4 Å². The molecule has 0 spiro atoms. The van der Waals surface area contributed by atoms with Gasteiger partial charge in [0.15, 0.2) is 0 Å². The molecule has 0 amide bonds. The van der Waals surface area contributed by atoms with E-state index in [1.165, 1.54) is 0 Å². The number of methoxy groups -OCH3 is 1. The summed E-state index contributed by atoms with van der Waals surface area (Å²) in [6, 6.07) is 11.0. The summed E-state index contributed by atoms with van der Waals surface area (Å²) in [5.74, 6) is 1.07. The molecule has 0 saturated carbocycles. The molecule has 0 bridgehead atoms. The van der Waals surface area contributed by atoms with E-state index in [9.17, 15) is 5.11 Å². The van der Waals surface area contributed by atoms with Gasteiger partial charge in [-0.1, -0.05) is 24.3 Å². The van der Waals surface area contributed by atoms with Gasteiger partial charge in [-0.3, -0.25) is 0 Å². The van der Waals surface area contributed by atoms with Crippen molar-refractivity contribution in [3.63, 3.8) is 0 Å². The molecular weight excluding hydrogens is 264 g/mol. The second-order valence-corrected chi connectivity index (χ2v) is 4.93. The number of aryl methyl sites for hydroxylation is 1. The van der Waals surface area contributed by atoms with Crippen molar-refractivity contribution in [1.29, 1.82) is 0 Å². The summed E-state index contributed by atoms with van der Waals surface area (Å²) >= 11 is 0. The number of aromatic hydroxyl groups is 1. The molecule has 0 radical (unpaired) electrons. The van der Waals surface area contributed by atoms with Crippen LogP contribution in [0.2, 0.25) is 0 Å². The molecular formula is C18H16O3. The first-order valence-corrected chi connectivity index (χ1v) is 6.70. The molecule has 1 aromatic heterocycles. The van der Waals surface area contributed by atoms with Crippen LogP contribution in [0.15, 0.2) is 47.1 Å². The van der Waals surface area contributed by atoms with E-state index in [-0.39, 0.29) is 5.75 Å². The minimum atomic E-state index is 0.261. The minimum Gasteiger partial charge on any atom is -0.508 e. The fourth-order valence-corrected chi connectivity index (χ4v) is 2.28. The van der Waals surface area contributed by atoms with Crippen molar-refractivity contribution in [2.24, 2.45) is 0 Å². The zero-order valence-corrected chi connectivity index (χ0v) is 12.0. The van der Waals surface area contributed by atoms with E-state index in [2.05, 4.69) is 0 Å². The first-order chi connectivity index (χ1) is 10.2. The summed E-state index contributed by atoms with van der Waals surface area (Å²) in [7, 11) is 1.66. The van der Waals surface area contributed by atoms with Gasteiger partial charge in [0.2, 0.25) is 0 Å². The van der Waals surface area contributed by atoms with Crippen molar-refractivity contribution in [3.8, 4) is 11.5 Å². The number of fused-ring (bicyclic) bond motifs is 1. The topological polar surface area (TPSA) is 42.6 Å². The average Bonchev–Trinajstić information content (AvgIpc) is 2.86. The molecule has 0 atom stereocenters. The molecule has 1 N–H and O–H groups in total. The number of ether oxygens (including phenoxy) is 1. The number of rotatable bonds is 3. The average molecular weight is 280 g/mol. The highest BCUT2D eigenvalue weighted by Crippen LogP contribution is 2.30. The number of benzene rings is 2. The van der Waals surface area contributed by atoms with Gasteiger partial charge in [-0.05, 0) is 42.3 Å². The molecule has 0 aliphatic carbocycles. The number of phenols is 1. The SMILES string of the molecule is COc1cc2c(C)coc2cc1C=Cc1ccc(O)cc1. The van der Waals surface area contributed by atoms with Crippen LogP contribution in [0, 0.1) is 6.92 Å². The third-order valence-corrected chi connectivity index (χ3v) is 3.47. The molecule has 3 heteroatoms. The Morgan fingerprint density at radius 2 is 1.86 bits per heavy atom. The summed E-state index contributed by atoms with van der Waals surface area (Å²) in [5.41, 5.74) is 3.90. The van der Waals surface area contributed by atoms with Gasteiger partial charge in [-0.25, -0.2) is 0 Å². The predicted octanol–water partition coefficient (Wildman–Crippen LogP) is 4.63. The van der Waals surface area contributed by atoms with Gasteiger partial charge in [0, 0.05) is 10.9 Å². The van der Waals surface area contributed by atoms with Crippen LogP contribution in [0.5, 0.6) is 11.5 Å². The maximum atomic E-state index is 9.29. The Hall–Kier alpha value is -2.68. The molecule has 0 aliphatic heterocycles. The third-order valence-electron chi connectivity index (χ3n) is 3.47. The van der Waals surface area contributed by atoms with Crippen molar-refractivity contribution >= 4 is 23.1 Å². The lowest BCUT2D eigenvalue weighted by molar-refractivity contribution is 0.414. The molecule has 0 saturated heterocycles. The molecule has 106 valence electrons. The highest BCUT2D eigenvalue weighted by Gasteiger charge is 2.08. The van der Waals surface area contributed by atoms with Crippen molar-refractivity contribution in [1.82, 2.24) is 0 Å². The van der Waals surface area contributed by atoms with E-state index >= 15 is 0 Å². The van der Waals surface area contributed by atoms with E-state index in [1.807, 2.05) is 43.3 Å². The molecule has 0 aliphatic rings. The molecule has 2 aromatic carbocycles. The van der Waals surface area contributed by atoms with Crippen molar-refractivity contribution in [2.45, 2.75) is 6.92 Å². The molecule has 21 heavy (non-hydrogen) atoms. The summed E-state index contributed by atoms with van der Waals surface area (Å²) in [6.45, 7) is 2.01. The van der Waals surface area contributed by atoms with Gasteiger partial charge in [0.25, 0.3) is 0 Å². The summed E-state index contributed by atoms with van der Waals surface area (Å²) in [5, 5.41) is 10.4. The lowest BCUT2D eigenvalue weighted by Crippen LogP contribution is -1.87. The number of hydrogen-bond acceptors (Lipinski definition) is 3. The Bertz CT molecular complexity index is 795. The molecule has 3 nitrogen and oxygen atoms in total. The quantitative estimate of drug-likeness (QED) is 0.711. The summed E-state index contributed by atoms with van der Waals surface area (Å²) in [4.78, 5) is 0. The fourth-order valence-electron chi connectivity index (χ4n) is 2.28. The lowest BCUT2D eigenvalue weighted by atomic mass is 10.1. The highest BCUT2D eigenvalue weighted by atomic mass is 16.5. The van der Waals surface area contributed by atoms with E-state index in [4.69, 9.17) is 9.15 Å². The number of hydrogen-bond donors (Lipinski definition) is 1. The Morgan fingerprint density at radius 1 is 1.10 bits per heavy atom. The van der Waals surface area contributed by atoms with Gasteiger partial charge >= 0.3 is 0 Å². The summed E-state index contributed by atoms with van der Waals surface area (Å²) in [6.07, 6.45) is 5.69. The summed E-state index contributed by atoms with van der Waals surface area (Å²) < 4.78 is 11.0. The van der Waals surface area contributed by atoms with Gasteiger partial charge in [-0.15, -0.1) is 0 Å². The van der Waals surface area contributed by atoms with Crippen LogP contribution in [0.4, 0.5) is 0 Å². The van der Waals surface area contributed by atoms with Gasteiger partial charge < -0.3 is 14.3 Å². The number of phenolic OH excluding ortho intramolecular Hbond substituents is 1. The predicted molar refractivity (Wildman–Crippen MR) is 84.5 cm³/mol. The van der Waals surface area contributed by atoms with Crippen molar-refractivity contribution in [2.75, 3.05) is 7.11 Å². The first-order valence-electron chi connectivity index (χ1n) is 6.70. The van der Waals surface area contributed by atoms with Crippen LogP contribution >= 0.6 is 0 Å². The van der Waals surface area contributed by atoms with Gasteiger partial charge in [-0.2, -0.15) is 0 Å². The molecule has 3 rings (SSSR count). The van der Waals surface area contributed by atoms with Gasteiger partial charge in [0.1, 0.15) is 17.1 Å².